The fraction of sp³-hybridized carbons (Fsp3) is 0.286. The number of hydrogen-bond acceptors (Lipinski definition) is 3. The Labute approximate surface area is 133 Å². The van der Waals surface area contributed by atoms with Crippen molar-refractivity contribution in [3.05, 3.63) is 45.9 Å². The predicted molar refractivity (Wildman–Crippen MR) is 85.2 cm³/mol. The molecule has 0 aliphatic heterocycles. The quantitative estimate of drug-likeness (QED) is 0.762. The van der Waals surface area contributed by atoms with E-state index in [1.165, 1.54) is 39.9 Å². The van der Waals surface area contributed by atoms with Crippen LogP contribution in [0.5, 0.6) is 0 Å². The number of benzene rings is 1. The second-order valence-corrected chi connectivity index (χ2v) is 7.48. The van der Waals surface area contributed by atoms with Crippen molar-refractivity contribution in [3.8, 4) is 0 Å². The van der Waals surface area contributed by atoms with Gasteiger partial charge < -0.3 is 0 Å². The molecular formula is C14H15ClFNO2S2. The third kappa shape index (κ3) is 3.07. The number of sulfonamides is 1. The lowest BCUT2D eigenvalue weighted by Crippen LogP contribution is -2.31. The van der Waals surface area contributed by atoms with E-state index >= 15 is 0 Å². The predicted octanol–water partition coefficient (Wildman–Crippen LogP) is 4.15. The van der Waals surface area contributed by atoms with Gasteiger partial charge in [0.1, 0.15) is 10.7 Å². The molecular weight excluding hydrogens is 333 g/mol. The van der Waals surface area contributed by atoms with E-state index in [4.69, 9.17) is 11.6 Å². The number of thiophene rings is 1. The number of aryl methyl sites for hydroxylation is 1. The highest BCUT2D eigenvalue weighted by atomic mass is 35.5. The van der Waals surface area contributed by atoms with Crippen molar-refractivity contribution in [1.82, 2.24) is 0 Å². The normalized spacial score (nSPS) is 11.6. The maximum Gasteiger partial charge on any atom is 0.265 e. The van der Waals surface area contributed by atoms with Crippen LogP contribution < -0.4 is 4.31 Å². The van der Waals surface area contributed by atoms with E-state index in [9.17, 15) is 12.8 Å². The molecule has 2 aromatic rings. The van der Waals surface area contributed by atoms with Gasteiger partial charge in [0.2, 0.25) is 0 Å². The average Bonchev–Trinajstić information content (AvgIpc) is 2.83. The van der Waals surface area contributed by atoms with Crippen molar-refractivity contribution in [2.45, 2.75) is 24.6 Å². The molecule has 0 spiro atoms. The second-order valence-electron chi connectivity index (χ2n) is 4.45. The minimum absolute atomic E-state index is 0.147. The molecule has 0 aliphatic carbocycles. The summed E-state index contributed by atoms with van der Waals surface area (Å²) in [5.74, 6) is -0.256. The summed E-state index contributed by atoms with van der Waals surface area (Å²) in [4.78, 5) is 0.878. The maximum atomic E-state index is 13.0. The molecule has 21 heavy (non-hydrogen) atoms. The molecule has 0 N–H and O–H groups in total. The molecule has 1 aromatic carbocycles. The Morgan fingerprint density at radius 3 is 2.43 bits per heavy atom. The van der Waals surface area contributed by atoms with Crippen LogP contribution in [0.15, 0.2) is 34.5 Å². The van der Waals surface area contributed by atoms with Crippen LogP contribution in [-0.4, -0.2) is 15.0 Å². The second kappa shape index (κ2) is 6.34. The number of halogens is 2. The van der Waals surface area contributed by atoms with Crippen LogP contribution in [0.1, 0.15) is 17.4 Å². The molecule has 0 fully saturated rings. The standard InChI is InChI=1S/C14H15ClFNO2S2/c1-3-17(12-6-4-11(16)5-7-12)21(18,19)14-10(2)9-20-13(14)8-15/h4-7,9H,3,8H2,1-2H3. The molecule has 0 saturated heterocycles. The Morgan fingerprint density at radius 2 is 1.90 bits per heavy atom. The zero-order valence-corrected chi connectivity index (χ0v) is 14.0. The third-order valence-corrected chi connectivity index (χ3v) is 6.85. The summed E-state index contributed by atoms with van der Waals surface area (Å²) in [6.45, 7) is 3.74. The van der Waals surface area contributed by atoms with Gasteiger partial charge in [-0.05, 0) is 49.1 Å². The molecule has 1 heterocycles. The minimum atomic E-state index is -3.71. The lowest BCUT2D eigenvalue weighted by molar-refractivity contribution is 0.590. The number of rotatable bonds is 5. The highest BCUT2D eigenvalue weighted by Gasteiger charge is 2.29. The topological polar surface area (TPSA) is 37.4 Å². The Hall–Kier alpha value is -1.11. The molecule has 0 unspecified atom stereocenters. The van der Waals surface area contributed by atoms with Gasteiger partial charge in [0.15, 0.2) is 0 Å². The van der Waals surface area contributed by atoms with Gasteiger partial charge in [-0.1, -0.05) is 0 Å². The van der Waals surface area contributed by atoms with Crippen molar-refractivity contribution in [2.24, 2.45) is 0 Å². The van der Waals surface area contributed by atoms with Crippen molar-refractivity contribution in [1.29, 1.82) is 0 Å². The molecule has 0 atom stereocenters. The maximum absolute atomic E-state index is 13.0. The van der Waals surface area contributed by atoms with Gasteiger partial charge in [0, 0.05) is 11.4 Å². The molecule has 7 heteroatoms. The van der Waals surface area contributed by atoms with Crippen LogP contribution in [0.4, 0.5) is 10.1 Å². The Balaban J connectivity index is 2.54. The molecule has 0 amide bonds. The lowest BCUT2D eigenvalue weighted by atomic mass is 10.3. The van der Waals surface area contributed by atoms with Gasteiger partial charge in [0.25, 0.3) is 10.0 Å². The Morgan fingerprint density at radius 1 is 1.29 bits per heavy atom. The summed E-state index contributed by atoms with van der Waals surface area (Å²) < 4.78 is 40.1. The molecule has 2 rings (SSSR count). The SMILES string of the molecule is CCN(c1ccc(F)cc1)S(=O)(=O)c1c(C)csc1CCl. The van der Waals surface area contributed by atoms with Crippen LogP contribution in [0.3, 0.4) is 0 Å². The molecule has 0 bridgehead atoms. The molecule has 0 saturated carbocycles. The molecule has 114 valence electrons. The summed E-state index contributed by atoms with van der Waals surface area (Å²) in [5, 5.41) is 1.78. The van der Waals surface area contributed by atoms with E-state index in [0.717, 1.165) is 0 Å². The first-order chi connectivity index (χ1) is 9.91. The van der Waals surface area contributed by atoms with Crippen molar-refractivity contribution >= 4 is 38.6 Å². The van der Waals surface area contributed by atoms with Gasteiger partial charge in [-0.25, -0.2) is 12.8 Å². The van der Waals surface area contributed by atoms with E-state index in [1.807, 2.05) is 0 Å². The van der Waals surface area contributed by atoms with Crippen molar-refractivity contribution in [3.63, 3.8) is 0 Å². The van der Waals surface area contributed by atoms with Gasteiger partial charge in [0.05, 0.1) is 11.6 Å². The average molecular weight is 348 g/mol. The minimum Gasteiger partial charge on any atom is -0.267 e. The largest absolute Gasteiger partial charge is 0.267 e. The first kappa shape index (κ1) is 16.3. The molecule has 0 radical (unpaired) electrons. The van der Waals surface area contributed by atoms with Crippen LogP contribution >= 0.6 is 22.9 Å². The van der Waals surface area contributed by atoms with Crippen LogP contribution in [-0.2, 0) is 15.9 Å². The van der Waals surface area contributed by atoms with E-state index < -0.39 is 15.8 Å². The van der Waals surface area contributed by atoms with Gasteiger partial charge in [-0.3, -0.25) is 4.31 Å². The highest BCUT2D eigenvalue weighted by molar-refractivity contribution is 7.93. The highest BCUT2D eigenvalue weighted by Crippen LogP contribution is 2.32. The smallest absolute Gasteiger partial charge is 0.265 e. The third-order valence-electron chi connectivity index (χ3n) is 3.06. The summed E-state index contributed by atoms with van der Waals surface area (Å²) in [7, 11) is -3.71. The Bertz CT molecular complexity index is 726. The Kier molecular flexibility index (Phi) is 4.91. The zero-order valence-electron chi connectivity index (χ0n) is 11.6. The lowest BCUT2D eigenvalue weighted by Gasteiger charge is -2.23. The van der Waals surface area contributed by atoms with Gasteiger partial charge in [-0.2, -0.15) is 0 Å². The number of alkyl halides is 1. The zero-order chi connectivity index (χ0) is 15.6. The van der Waals surface area contributed by atoms with Crippen LogP contribution in [0.25, 0.3) is 0 Å². The number of anilines is 1. The van der Waals surface area contributed by atoms with E-state index in [1.54, 1.807) is 19.2 Å². The number of hydrogen-bond donors (Lipinski definition) is 0. The van der Waals surface area contributed by atoms with Crippen molar-refractivity contribution in [2.75, 3.05) is 10.8 Å². The fourth-order valence-electron chi connectivity index (χ4n) is 2.13. The summed E-state index contributed by atoms with van der Waals surface area (Å²) >= 11 is 7.17. The molecule has 1 aromatic heterocycles. The number of nitrogens with zero attached hydrogens (tertiary/aromatic N) is 1. The van der Waals surface area contributed by atoms with E-state index in [0.29, 0.717) is 16.1 Å². The monoisotopic (exact) mass is 347 g/mol. The molecule has 0 aliphatic rings. The van der Waals surface area contributed by atoms with Crippen LogP contribution in [0.2, 0.25) is 0 Å². The summed E-state index contributed by atoms with van der Waals surface area (Å²) in [6, 6.07) is 5.41. The van der Waals surface area contributed by atoms with E-state index in [-0.39, 0.29) is 17.3 Å². The van der Waals surface area contributed by atoms with Gasteiger partial charge >= 0.3 is 0 Å². The van der Waals surface area contributed by atoms with Crippen LogP contribution in [0, 0.1) is 12.7 Å². The first-order valence-electron chi connectivity index (χ1n) is 6.33. The van der Waals surface area contributed by atoms with Crippen molar-refractivity contribution < 1.29 is 12.8 Å². The summed E-state index contributed by atoms with van der Waals surface area (Å²) in [5.41, 5.74) is 1.11. The molecule has 3 nitrogen and oxygen atoms in total. The van der Waals surface area contributed by atoms with Gasteiger partial charge in [-0.15, -0.1) is 22.9 Å². The first-order valence-corrected chi connectivity index (χ1v) is 9.18. The summed E-state index contributed by atoms with van der Waals surface area (Å²) in [6.07, 6.45) is 0. The van der Waals surface area contributed by atoms with E-state index in [2.05, 4.69) is 0 Å². The fourth-order valence-corrected chi connectivity index (χ4v) is 5.62.